The number of nitrogens with one attached hydrogen (secondary N) is 1. The maximum atomic E-state index is 12.9. The van der Waals surface area contributed by atoms with E-state index < -0.39 is 11.8 Å². The highest BCUT2D eigenvalue weighted by molar-refractivity contribution is 5.80. The van der Waals surface area contributed by atoms with Crippen LogP contribution in [0.5, 0.6) is 0 Å². The number of aryl methyl sites for hydroxylation is 2. The van der Waals surface area contributed by atoms with Crippen LogP contribution >= 0.6 is 0 Å². The second-order valence-corrected chi connectivity index (χ2v) is 6.04. The summed E-state index contributed by atoms with van der Waals surface area (Å²) in [6.45, 7) is 3.78. The van der Waals surface area contributed by atoms with Crippen molar-refractivity contribution < 1.29 is 18.5 Å². The van der Waals surface area contributed by atoms with Crippen LogP contribution in [-0.2, 0) is 22.4 Å². The Labute approximate surface area is 145 Å². The fourth-order valence-corrected chi connectivity index (χ4v) is 2.60. The van der Waals surface area contributed by atoms with Crippen LogP contribution in [0.1, 0.15) is 29.0 Å². The van der Waals surface area contributed by atoms with E-state index in [-0.39, 0.29) is 24.7 Å². The van der Waals surface area contributed by atoms with Crippen LogP contribution in [0, 0.1) is 25.6 Å². The number of aromatic nitrogens is 1. The van der Waals surface area contributed by atoms with E-state index in [4.69, 9.17) is 10.3 Å². The lowest BCUT2D eigenvalue weighted by atomic mass is 9.98. The van der Waals surface area contributed by atoms with Crippen molar-refractivity contribution in [3.63, 3.8) is 0 Å². The summed E-state index contributed by atoms with van der Waals surface area (Å²) in [6, 6.07) is 5.86. The quantitative estimate of drug-likeness (QED) is 0.761. The predicted octanol–water partition coefficient (Wildman–Crippen LogP) is 1.82. The van der Waals surface area contributed by atoms with E-state index in [0.717, 1.165) is 16.8 Å². The van der Waals surface area contributed by atoms with E-state index in [2.05, 4.69) is 10.5 Å². The summed E-state index contributed by atoms with van der Waals surface area (Å²) < 4.78 is 18.0. The fraction of sp³-hybridized carbons (Fsp3) is 0.389. The first-order valence-electron chi connectivity index (χ1n) is 8.09. The van der Waals surface area contributed by atoms with E-state index in [1.54, 1.807) is 19.1 Å². The number of carbonyl (C=O) groups is 2. The molecule has 3 N–H and O–H groups in total. The highest BCUT2D eigenvalue weighted by Crippen LogP contribution is 2.14. The molecule has 0 bridgehead atoms. The van der Waals surface area contributed by atoms with Gasteiger partial charge in [0.25, 0.3) is 0 Å². The summed E-state index contributed by atoms with van der Waals surface area (Å²) in [5.74, 6) is -0.863. The molecule has 0 radical (unpaired) electrons. The van der Waals surface area contributed by atoms with Gasteiger partial charge in [-0.3, -0.25) is 9.59 Å². The number of amides is 2. The Hall–Kier alpha value is -2.70. The van der Waals surface area contributed by atoms with Gasteiger partial charge in [-0.1, -0.05) is 17.3 Å². The molecule has 0 aliphatic heterocycles. The minimum atomic E-state index is -0.548. The number of primary amides is 1. The maximum absolute atomic E-state index is 12.9. The Bertz CT molecular complexity index is 721. The normalized spacial score (nSPS) is 12.0. The molecule has 2 rings (SSSR count). The Morgan fingerprint density at radius 2 is 1.96 bits per heavy atom. The molecule has 0 saturated heterocycles. The molecular formula is C18H22FN3O3. The number of halogens is 1. The van der Waals surface area contributed by atoms with Crippen molar-refractivity contribution in [3.8, 4) is 0 Å². The van der Waals surface area contributed by atoms with E-state index in [0.29, 0.717) is 18.6 Å². The molecule has 0 aliphatic carbocycles. The van der Waals surface area contributed by atoms with E-state index in [1.807, 2.05) is 6.92 Å². The van der Waals surface area contributed by atoms with E-state index in [1.165, 1.54) is 12.1 Å². The Kier molecular flexibility index (Phi) is 6.27. The average molecular weight is 347 g/mol. The summed E-state index contributed by atoms with van der Waals surface area (Å²) in [5.41, 5.74) is 7.89. The summed E-state index contributed by atoms with van der Waals surface area (Å²) in [5, 5.41) is 6.58. The van der Waals surface area contributed by atoms with Crippen LogP contribution in [0.3, 0.4) is 0 Å². The van der Waals surface area contributed by atoms with Gasteiger partial charge in [0.15, 0.2) is 0 Å². The smallest absolute Gasteiger partial charge is 0.222 e. The Morgan fingerprint density at radius 1 is 1.28 bits per heavy atom. The Morgan fingerprint density at radius 3 is 2.52 bits per heavy atom. The van der Waals surface area contributed by atoms with Crippen molar-refractivity contribution in [3.05, 3.63) is 52.7 Å². The first kappa shape index (κ1) is 18.6. The molecule has 0 unspecified atom stereocenters. The molecule has 0 fully saturated rings. The lowest BCUT2D eigenvalue weighted by Gasteiger charge is -2.14. The number of nitrogens with zero attached hydrogens (tertiary/aromatic N) is 1. The molecule has 25 heavy (non-hydrogen) atoms. The minimum absolute atomic E-state index is 0.146. The molecule has 7 heteroatoms. The fourth-order valence-electron chi connectivity index (χ4n) is 2.60. The van der Waals surface area contributed by atoms with Gasteiger partial charge >= 0.3 is 0 Å². The third kappa shape index (κ3) is 5.41. The number of nitrogens with two attached hydrogens (primary N) is 1. The van der Waals surface area contributed by atoms with Crippen molar-refractivity contribution in [1.82, 2.24) is 10.5 Å². The van der Waals surface area contributed by atoms with Gasteiger partial charge in [0.05, 0.1) is 11.6 Å². The standard InChI is InChI=1S/C18H22FN3O3/c1-11-16(12(2)25-22-11)7-8-17(23)21-10-14(18(20)24)9-13-3-5-15(19)6-4-13/h3-6,14H,7-10H2,1-2H3,(H2,20,24)(H,21,23)/t14-/m1/s1. The highest BCUT2D eigenvalue weighted by atomic mass is 19.1. The van der Waals surface area contributed by atoms with Gasteiger partial charge in [0, 0.05) is 18.5 Å². The molecule has 1 atom stereocenters. The molecule has 0 spiro atoms. The number of rotatable bonds is 8. The highest BCUT2D eigenvalue weighted by Gasteiger charge is 2.18. The summed E-state index contributed by atoms with van der Waals surface area (Å²) in [6.07, 6.45) is 1.14. The molecule has 2 amide bonds. The third-order valence-electron chi connectivity index (χ3n) is 4.13. The van der Waals surface area contributed by atoms with Crippen molar-refractivity contribution in [2.45, 2.75) is 33.1 Å². The van der Waals surface area contributed by atoms with Gasteiger partial charge in [-0.15, -0.1) is 0 Å². The van der Waals surface area contributed by atoms with Crippen LogP contribution in [0.4, 0.5) is 4.39 Å². The monoisotopic (exact) mass is 347 g/mol. The molecule has 0 aliphatic rings. The molecule has 1 aromatic heterocycles. The zero-order valence-corrected chi connectivity index (χ0v) is 14.3. The molecule has 134 valence electrons. The molecular weight excluding hydrogens is 325 g/mol. The SMILES string of the molecule is Cc1noc(C)c1CCC(=O)NC[C@@H](Cc1ccc(F)cc1)C(N)=O. The van der Waals surface area contributed by atoms with Crippen molar-refractivity contribution in [1.29, 1.82) is 0 Å². The van der Waals surface area contributed by atoms with Gasteiger partial charge in [0.1, 0.15) is 11.6 Å². The average Bonchev–Trinajstić information content (AvgIpc) is 2.89. The molecule has 1 heterocycles. The molecule has 0 saturated carbocycles. The van der Waals surface area contributed by atoms with Gasteiger partial charge in [-0.05, 0) is 44.4 Å². The zero-order chi connectivity index (χ0) is 18.4. The number of hydrogen-bond donors (Lipinski definition) is 2. The number of hydrogen-bond acceptors (Lipinski definition) is 4. The van der Waals surface area contributed by atoms with Crippen molar-refractivity contribution in [2.75, 3.05) is 6.54 Å². The number of benzene rings is 1. The van der Waals surface area contributed by atoms with Crippen LogP contribution < -0.4 is 11.1 Å². The van der Waals surface area contributed by atoms with E-state index >= 15 is 0 Å². The lowest BCUT2D eigenvalue weighted by molar-refractivity contribution is -0.123. The summed E-state index contributed by atoms with van der Waals surface area (Å²) in [7, 11) is 0. The Balaban J connectivity index is 1.84. The van der Waals surface area contributed by atoms with Crippen molar-refractivity contribution >= 4 is 11.8 Å². The first-order valence-corrected chi connectivity index (χ1v) is 8.09. The van der Waals surface area contributed by atoms with Crippen LogP contribution in [0.2, 0.25) is 0 Å². The largest absolute Gasteiger partial charge is 0.369 e. The van der Waals surface area contributed by atoms with Gasteiger partial charge in [-0.2, -0.15) is 0 Å². The van der Waals surface area contributed by atoms with Gasteiger partial charge in [-0.25, -0.2) is 4.39 Å². The summed E-state index contributed by atoms with van der Waals surface area (Å²) in [4.78, 5) is 23.6. The summed E-state index contributed by atoms with van der Waals surface area (Å²) >= 11 is 0. The molecule has 1 aromatic carbocycles. The second-order valence-electron chi connectivity index (χ2n) is 6.04. The third-order valence-corrected chi connectivity index (χ3v) is 4.13. The lowest BCUT2D eigenvalue weighted by Crippen LogP contribution is -2.37. The predicted molar refractivity (Wildman–Crippen MR) is 90.1 cm³/mol. The van der Waals surface area contributed by atoms with Crippen LogP contribution in [-0.4, -0.2) is 23.5 Å². The molecule has 2 aromatic rings. The maximum Gasteiger partial charge on any atom is 0.222 e. The van der Waals surface area contributed by atoms with Crippen LogP contribution in [0.25, 0.3) is 0 Å². The number of carbonyl (C=O) groups excluding carboxylic acids is 2. The first-order chi connectivity index (χ1) is 11.9. The van der Waals surface area contributed by atoms with E-state index in [9.17, 15) is 14.0 Å². The zero-order valence-electron chi connectivity index (χ0n) is 14.3. The van der Waals surface area contributed by atoms with Gasteiger partial charge < -0.3 is 15.6 Å². The minimum Gasteiger partial charge on any atom is -0.369 e. The van der Waals surface area contributed by atoms with Crippen molar-refractivity contribution in [2.24, 2.45) is 11.7 Å². The molecule has 6 nitrogen and oxygen atoms in total. The second kappa shape index (κ2) is 8.41. The van der Waals surface area contributed by atoms with Crippen LogP contribution in [0.15, 0.2) is 28.8 Å². The van der Waals surface area contributed by atoms with Gasteiger partial charge in [0.2, 0.25) is 11.8 Å². The topological polar surface area (TPSA) is 98.2 Å².